The van der Waals surface area contributed by atoms with E-state index in [2.05, 4.69) is 11.1 Å². The van der Waals surface area contributed by atoms with Crippen molar-refractivity contribution in [3.63, 3.8) is 0 Å². The topological polar surface area (TPSA) is 22.1 Å². The Hall–Kier alpha value is -1.48. The molecule has 3 heteroatoms. The zero-order valence-corrected chi connectivity index (χ0v) is 9.91. The van der Waals surface area contributed by atoms with Crippen molar-refractivity contribution in [1.29, 1.82) is 0 Å². The molecule has 0 fully saturated rings. The van der Waals surface area contributed by atoms with Crippen LogP contribution in [-0.4, -0.2) is 12.1 Å². The third-order valence-electron chi connectivity index (χ3n) is 2.21. The predicted octanol–water partition coefficient (Wildman–Crippen LogP) is 3.38. The number of pyridine rings is 1. The Morgan fingerprint density at radius 3 is 2.62 bits per heavy atom. The van der Waals surface area contributed by atoms with Gasteiger partial charge in [-0.3, -0.25) is 4.98 Å². The second-order valence-electron chi connectivity index (χ2n) is 3.29. The van der Waals surface area contributed by atoms with E-state index in [4.69, 9.17) is 4.74 Å². The van der Waals surface area contributed by atoms with Gasteiger partial charge in [0.1, 0.15) is 5.75 Å². The molecule has 0 saturated heterocycles. The summed E-state index contributed by atoms with van der Waals surface area (Å²) < 4.78 is 5.30. The molecule has 16 heavy (non-hydrogen) atoms. The summed E-state index contributed by atoms with van der Waals surface area (Å²) in [5.74, 6) is 1.87. The van der Waals surface area contributed by atoms with Crippen LogP contribution in [0.5, 0.6) is 5.75 Å². The van der Waals surface area contributed by atoms with E-state index in [0.717, 1.165) is 11.5 Å². The van der Waals surface area contributed by atoms with E-state index in [1.54, 1.807) is 18.9 Å². The first-order chi connectivity index (χ1) is 7.90. The number of thioether (sulfide) groups is 1. The molecule has 2 aromatic rings. The van der Waals surface area contributed by atoms with Crippen molar-refractivity contribution in [2.24, 2.45) is 0 Å². The van der Waals surface area contributed by atoms with Gasteiger partial charge in [0.05, 0.1) is 7.11 Å². The predicted molar refractivity (Wildman–Crippen MR) is 66.8 cm³/mol. The SMILES string of the molecule is COc1ccccc1SCc1ccncc1. The van der Waals surface area contributed by atoms with E-state index in [0.29, 0.717) is 0 Å². The van der Waals surface area contributed by atoms with Crippen LogP contribution in [0, 0.1) is 0 Å². The lowest BCUT2D eigenvalue weighted by molar-refractivity contribution is 0.405. The van der Waals surface area contributed by atoms with Gasteiger partial charge in [-0.05, 0) is 29.8 Å². The van der Waals surface area contributed by atoms with Crippen molar-refractivity contribution in [2.45, 2.75) is 10.6 Å². The molecule has 0 aliphatic carbocycles. The number of rotatable bonds is 4. The van der Waals surface area contributed by atoms with Gasteiger partial charge in [-0.15, -0.1) is 11.8 Å². The highest BCUT2D eigenvalue weighted by molar-refractivity contribution is 7.98. The quantitative estimate of drug-likeness (QED) is 0.753. The van der Waals surface area contributed by atoms with Crippen LogP contribution >= 0.6 is 11.8 Å². The molecule has 0 radical (unpaired) electrons. The molecule has 1 aromatic heterocycles. The molecule has 82 valence electrons. The molecule has 0 saturated carbocycles. The van der Waals surface area contributed by atoms with Gasteiger partial charge in [-0.25, -0.2) is 0 Å². The first kappa shape index (κ1) is 11.0. The van der Waals surface area contributed by atoms with E-state index in [1.165, 1.54) is 10.5 Å². The van der Waals surface area contributed by atoms with Crippen LogP contribution in [0.3, 0.4) is 0 Å². The van der Waals surface area contributed by atoms with E-state index in [-0.39, 0.29) is 0 Å². The summed E-state index contributed by atoms with van der Waals surface area (Å²) in [5, 5.41) is 0. The fraction of sp³-hybridized carbons (Fsp3) is 0.154. The van der Waals surface area contributed by atoms with Crippen molar-refractivity contribution >= 4 is 11.8 Å². The molecule has 0 bridgehead atoms. The van der Waals surface area contributed by atoms with Crippen LogP contribution in [0.25, 0.3) is 0 Å². The number of para-hydroxylation sites is 1. The smallest absolute Gasteiger partial charge is 0.132 e. The average Bonchev–Trinajstić information content (AvgIpc) is 2.38. The maximum atomic E-state index is 5.30. The number of ether oxygens (including phenoxy) is 1. The zero-order chi connectivity index (χ0) is 11.2. The highest BCUT2D eigenvalue weighted by Gasteiger charge is 2.02. The number of hydrogen-bond acceptors (Lipinski definition) is 3. The molecular formula is C13H13NOS. The second kappa shape index (κ2) is 5.56. The Bertz CT molecular complexity index is 445. The number of hydrogen-bond donors (Lipinski definition) is 0. The lowest BCUT2D eigenvalue weighted by atomic mass is 10.3. The fourth-order valence-electron chi connectivity index (χ4n) is 1.38. The van der Waals surface area contributed by atoms with Crippen LogP contribution in [-0.2, 0) is 5.75 Å². The summed E-state index contributed by atoms with van der Waals surface area (Å²) >= 11 is 1.77. The normalized spacial score (nSPS) is 10.1. The Kier molecular flexibility index (Phi) is 3.83. The van der Waals surface area contributed by atoms with Crippen LogP contribution in [0.1, 0.15) is 5.56 Å². The highest BCUT2D eigenvalue weighted by atomic mass is 32.2. The first-order valence-electron chi connectivity index (χ1n) is 5.05. The average molecular weight is 231 g/mol. The van der Waals surface area contributed by atoms with Gasteiger partial charge < -0.3 is 4.74 Å². The number of methoxy groups -OCH3 is 1. The summed E-state index contributed by atoms with van der Waals surface area (Å²) in [5.41, 5.74) is 1.27. The van der Waals surface area contributed by atoms with Crippen molar-refractivity contribution < 1.29 is 4.74 Å². The maximum Gasteiger partial charge on any atom is 0.132 e. The molecule has 0 aliphatic rings. The van der Waals surface area contributed by atoms with Gasteiger partial charge >= 0.3 is 0 Å². The van der Waals surface area contributed by atoms with Crippen LogP contribution in [0.4, 0.5) is 0 Å². The van der Waals surface area contributed by atoms with Crippen LogP contribution < -0.4 is 4.74 Å². The van der Waals surface area contributed by atoms with Crippen molar-refractivity contribution in [3.8, 4) is 5.75 Å². The Labute approximate surface area is 99.7 Å². The molecule has 0 amide bonds. The van der Waals surface area contributed by atoms with Gasteiger partial charge in [-0.2, -0.15) is 0 Å². The monoisotopic (exact) mass is 231 g/mol. The summed E-state index contributed by atoms with van der Waals surface area (Å²) in [6, 6.07) is 12.1. The minimum Gasteiger partial charge on any atom is -0.496 e. The number of benzene rings is 1. The van der Waals surface area contributed by atoms with Crippen molar-refractivity contribution in [3.05, 3.63) is 54.4 Å². The molecule has 0 atom stereocenters. The van der Waals surface area contributed by atoms with Crippen LogP contribution in [0.2, 0.25) is 0 Å². The highest BCUT2D eigenvalue weighted by Crippen LogP contribution is 2.30. The van der Waals surface area contributed by atoms with E-state index >= 15 is 0 Å². The Morgan fingerprint density at radius 2 is 1.88 bits per heavy atom. The molecule has 2 rings (SSSR count). The minimum absolute atomic E-state index is 0.932. The Balaban J connectivity index is 2.05. The zero-order valence-electron chi connectivity index (χ0n) is 9.09. The standard InChI is InChI=1S/C13H13NOS/c1-15-12-4-2-3-5-13(12)16-10-11-6-8-14-9-7-11/h2-9H,10H2,1H3. The van der Waals surface area contributed by atoms with E-state index < -0.39 is 0 Å². The number of nitrogens with zero attached hydrogens (tertiary/aromatic N) is 1. The lowest BCUT2D eigenvalue weighted by Crippen LogP contribution is -1.86. The minimum atomic E-state index is 0.932. The van der Waals surface area contributed by atoms with Crippen LogP contribution in [0.15, 0.2) is 53.7 Å². The number of aromatic nitrogens is 1. The molecule has 2 nitrogen and oxygen atoms in total. The van der Waals surface area contributed by atoms with Crippen molar-refractivity contribution in [2.75, 3.05) is 7.11 Å². The first-order valence-corrected chi connectivity index (χ1v) is 6.03. The Morgan fingerprint density at radius 1 is 1.12 bits per heavy atom. The van der Waals surface area contributed by atoms with E-state index in [9.17, 15) is 0 Å². The van der Waals surface area contributed by atoms with E-state index in [1.807, 2.05) is 42.7 Å². The third kappa shape index (κ3) is 2.76. The maximum absolute atomic E-state index is 5.30. The molecule has 0 spiro atoms. The molecule has 0 aliphatic heterocycles. The molecular weight excluding hydrogens is 218 g/mol. The van der Waals surface area contributed by atoms with Crippen molar-refractivity contribution in [1.82, 2.24) is 4.98 Å². The third-order valence-corrected chi connectivity index (χ3v) is 3.34. The molecule has 0 N–H and O–H groups in total. The summed E-state index contributed by atoms with van der Waals surface area (Å²) in [6.45, 7) is 0. The summed E-state index contributed by atoms with van der Waals surface area (Å²) in [4.78, 5) is 5.17. The van der Waals surface area contributed by atoms with Gasteiger partial charge in [0.25, 0.3) is 0 Å². The fourth-order valence-corrected chi connectivity index (χ4v) is 2.36. The van der Waals surface area contributed by atoms with Gasteiger partial charge in [-0.1, -0.05) is 12.1 Å². The summed E-state index contributed by atoms with van der Waals surface area (Å²) in [6.07, 6.45) is 3.64. The molecule has 1 heterocycles. The summed E-state index contributed by atoms with van der Waals surface area (Å²) in [7, 11) is 1.70. The van der Waals surface area contributed by atoms with Gasteiger partial charge in [0.2, 0.25) is 0 Å². The lowest BCUT2D eigenvalue weighted by Gasteiger charge is -2.07. The van der Waals surface area contributed by atoms with Gasteiger partial charge in [0.15, 0.2) is 0 Å². The molecule has 1 aromatic carbocycles. The van der Waals surface area contributed by atoms with Gasteiger partial charge in [0, 0.05) is 23.0 Å². The second-order valence-corrected chi connectivity index (χ2v) is 4.31. The molecule has 0 unspecified atom stereocenters. The largest absolute Gasteiger partial charge is 0.496 e.